The van der Waals surface area contributed by atoms with Gasteiger partial charge in [-0.05, 0) is 48.9 Å². The Labute approximate surface area is 251 Å². The maximum Gasteiger partial charge on any atom is 0.253 e. The number of rotatable bonds is 3. The molecule has 2 bridgehead atoms. The Bertz CT molecular complexity index is 2240. The fourth-order valence-electron chi connectivity index (χ4n) is 8.34. The summed E-state index contributed by atoms with van der Waals surface area (Å²) < 4.78 is 31.7. The zero-order valence-corrected chi connectivity index (χ0v) is 24.4. The van der Waals surface area contributed by atoms with Gasteiger partial charge in [-0.1, -0.05) is 36.4 Å². The van der Waals surface area contributed by atoms with Crippen molar-refractivity contribution in [2.24, 2.45) is 0 Å². The lowest BCUT2D eigenvalue weighted by Crippen LogP contribution is -2.61. The van der Waals surface area contributed by atoms with Crippen LogP contribution in [0.15, 0.2) is 72.8 Å². The molecule has 8 nitrogen and oxygen atoms in total. The third-order valence-electron chi connectivity index (χ3n) is 10.1. The molecule has 3 aliphatic rings. The van der Waals surface area contributed by atoms with Gasteiger partial charge in [-0.15, -0.1) is 0 Å². The first-order valence-corrected chi connectivity index (χ1v) is 14.9. The van der Waals surface area contributed by atoms with Gasteiger partial charge in [-0.25, -0.2) is 4.39 Å². The van der Waals surface area contributed by atoms with E-state index < -0.39 is 29.9 Å². The van der Waals surface area contributed by atoms with Crippen LogP contribution >= 0.6 is 0 Å². The Morgan fingerprint density at radius 1 is 1.00 bits per heavy atom. The second-order valence-corrected chi connectivity index (χ2v) is 12.2. The second kappa shape index (κ2) is 8.68. The van der Waals surface area contributed by atoms with Crippen LogP contribution < -0.4 is 5.32 Å². The number of benzene rings is 4. The normalized spacial score (nSPS) is 23.9. The monoisotopic (exact) mass is 588 g/mol. The quantitative estimate of drug-likeness (QED) is 0.273. The van der Waals surface area contributed by atoms with Gasteiger partial charge in [0, 0.05) is 54.2 Å². The maximum atomic E-state index is 13.9. The fourth-order valence-corrected chi connectivity index (χ4v) is 8.34. The van der Waals surface area contributed by atoms with Gasteiger partial charge in [-0.2, -0.15) is 0 Å². The molecule has 0 radical (unpaired) electrons. The van der Waals surface area contributed by atoms with Crippen molar-refractivity contribution in [3.63, 3.8) is 0 Å². The zero-order chi connectivity index (χ0) is 30.1. The summed E-state index contributed by atoms with van der Waals surface area (Å²) in [6, 6.07) is 21.6. The number of ether oxygens (including phenoxy) is 2. The molecule has 0 spiro atoms. The molecule has 2 aromatic heterocycles. The van der Waals surface area contributed by atoms with Crippen molar-refractivity contribution in [1.29, 1.82) is 0 Å². The third-order valence-corrected chi connectivity index (χ3v) is 10.1. The Kier molecular flexibility index (Phi) is 5.08. The average Bonchev–Trinajstić information content (AvgIpc) is 3.68. The van der Waals surface area contributed by atoms with Crippen molar-refractivity contribution in [2.45, 2.75) is 44.0 Å². The highest BCUT2D eigenvalue weighted by Gasteiger charge is 2.55. The van der Waals surface area contributed by atoms with Crippen LogP contribution in [-0.4, -0.2) is 52.2 Å². The summed E-state index contributed by atoms with van der Waals surface area (Å²) in [7, 11) is 3.44. The second-order valence-electron chi connectivity index (χ2n) is 12.2. The topological polar surface area (TPSA) is 77.7 Å². The van der Waals surface area contributed by atoms with Crippen LogP contribution in [-0.2, 0) is 21.7 Å². The number of aromatic nitrogens is 2. The van der Waals surface area contributed by atoms with Crippen LogP contribution in [0.4, 0.5) is 4.39 Å². The number of fused-ring (bicyclic) bond motifs is 13. The van der Waals surface area contributed by atoms with E-state index in [2.05, 4.69) is 38.7 Å². The summed E-state index contributed by atoms with van der Waals surface area (Å²) in [5.41, 5.74) is 4.93. The smallest absolute Gasteiger partial charge is 0.253 e. The van der Waals surface area contributed by atoms with E-state index in [-0.39, 0.29) is 11.8 Å². The molecule has 0 unspecified atom stereocenters. The lowest BCUT2D eigenvalue weighted by Gasteiger charge is -2.50. The first-order chi connectivity index (χ1) is 21.3. The van der Waals surface area contributed by atoms with E-state index in [0.717, 1.165) is 54.7 Å². The highest BCUT2D eigenvalue weighted by Crippen LogP contribution is 2.54. The van der Waals surface area contributed by atoms with E-state index >= 15 is 0 Å². The van der Waals surface area contributed by atoms with Gasteiger partial charge in [0.1, 0.15) is 18.1 Å². The number of halogens is 1. The Hall–Kier alpha value is -4.73. The SMILES string of the molecule is CO[C@@H]1[C@H](N(C)C(=O)c2ccc(F)cc2)C[C@H]2O[C@]1(C)n1c3ccccc3c3c4c(c5c6ccccc6n2c5c31)C(=O)NC4. The van der Waals surface area contributed by atoms with Crippen LogP contribution in [0.25, 0.3) is 43.6 Å². The zero-order valence-electron chi connectivity index (χ0n) is 24.4. The first kappa shape index (κ1) is 25.7. The molecule has 4 aromatic carbocycles. The van der Waals surface area contributed by atoms with Crippen molar-refractivity contribution in [2.75, 3.05) is 14.2 Å². The number of likely N-dealkylation sites (N-methyl/N-ethyl adjacent to an activating group) is 1. The minimum atomic E-state index is -1.04. The Morgan fingerprint density at radius 2 is 1.68 bits per heavy atom. The molecule has 9 rings (SSSR count). The number of nitrogens with zero attached hydrogens (tertiary/aromatic N) is 3. The third kappa shape index (κ3) is 3.03. The van der Waals surface area contributed by atoms with E-state index in [1.165, 1.54) is 24.3 Å². The molecule has 3 aliphatic heterocycles. The van der Waals surface area contributed by atoms with Gasteiger partial charge in [0.15, 0.2) is 5.72 Å². The molecule has 1 fully saturated rings. The standard InChI is InChI=1S/C35H29FN4O4/c1-35-32(43-3)25(38(2)34(42)18-12-14-19(36)15-13-18)16-26(44-35)39-23-10-6-4-8-20(23)28-29-22(17-37-33(29)41)27-21-9-5-7-11-24(21)40(35)31(27)30(28)39/h4-15,25-26,32H,16-17H2,1-3H3,(H,37,41)/t25-,26-,32-,35+/m1/s1. The summed E-state index contributed by atoms with van der Waals surface area (Å²) in [6.07, 6.45) is -0.600. The predicted molar refractivity (Wildman–Crippen MR) is 165 cm³/mol. The first-order valence-electron chi connectivity index (χ1n) is 14.9. The molecule has 44 heavy (non-hydrogen) atoms. The lowest BCUT2D eigenvalue weighted by atomic mass is 9.91. The van der Waals surface area contributed by atoms with Crippen molar-refractivity contribution in [3.8, 4) is 0 Å². The Morgan fingerprint density at radius 3 is 2.41 bits per heavy atom. The highest BCUT2D eigenvalue weighted by molar-refractivity contribution is 6.31. The average molecular weight is 589 g/mol. The molecular weight excluding hydrogens is 559 g/mol. The van der Waals surface area contributed by atoms with E-state index in [4.69, 9.17) is 9.47 Å². The van der Waals surface area contributed by atoms with E-state index in [0.29, 0.717) is 18.5 Å². The lowest BCUT2D eigenvalue weighted by molar-refractivity contribution is -0.264. The van der Waals surface area contributed by atoms with Crippen LogP contribution in [0.5, 0.6) is 0 Å². The predicted octanol–water partition coefficient (Wildman–Crippen LogP) is 6.05. The summed E-state index contributed by atoms with van der Waals surface area (Å²) in [4.78, 5) is 29.1. The van der Waals surface area contributed by atoms with Gasteiger partial charge in [0.05, 0.1) is 33.7 Å². The van der Waals surface area contributed by atoms with Gasteiger partial charge >= 0.3 is 0 Å². The molecular formula is C35H29FN4O4. The number of amides is 2. The molecule has 220 valence electrons. The molecule has 9 heteroatoms. The van der Waals surface area contributed by atoms with E-state index in [1.54, 1.807) is 19.1 Å². The number of hydrogen-bond donors (Lipinski definition) is 1. The van der Waals surface area contributed by atoms with Gasteiger partial charge < -0.3 is 28.8 Å². The van der Waals surface area contributed by atoms with E-state index in [9.17, 15) is 14.0 Å². The molecule has 0 aliphatic carbocycles. The molecule has 0 saturated carbocycles. The van der Waals surface area contributed by atoms with E-state index in [1.807, 2.05) is 31.2 Å². The number of methoxy groups -OCH3 is 1. The molecule has 4 atom stereocenters. The number of carbonyl (C=O) groups excluding carboxylic acids is 2. The number of carbonyl (C=O) groups is 2. The van der Waals surface area contributed by atoms with Crippen LogP contribution in [0.3, 0.4) is 0 Å². The minimum absolute atomic E-state index is 0.0711. The van der Waals surface area contributed by atoms with Gasteiger partial charge in [0.25, 0.3) is 11.8 Å². The number of nitrogens with one attached hydrogen (secondary N) is 1. The summed E-state index contributed by atoms with van der Waals surface area (Å²) >= 11 is 0. The van der Waals surface area contributed by atoms with Crippen molar-refractivity contribution >= 4 is 55.4 Å². The number of hydrogen-bond acceptors (Lipinski definition) is 4. The maximum absolute atomic E-state index is 13.9. The highest BCUT2D eigenvalue weighted by atomic mass is 19.1. The van der Waals surface area contributed by atoms with Crippen LogP contribution in [0.2, 0.25) is 0 Å². The van der Waals surface area contributed by atoms with Gasteiger partial charge in [0.2, 0.25) is 0 Å². The fraction of sp³-hybridized carbons (Fsp3) is 0.257. The molecule has 1 saturated heterocycles. The van der Waals surface area contributed by atoms with Crippen LogP contribution in [0, 0.1) is 5.82 Å². The van der Waals surface area contributed by atoms with Gasteiger partial charge in [-0.3, -0.25) is 9.59 Å². The molecule has 6 aromatic rings. The largest absolute Gasteiger partial charge is 0.374 e. The van der Waals surface area contributed by atoms with Crippen molar-refractivity contribution in [1.82, 2.24) is 19.4 Å². The Balaban J connectivity index is 1.40. The summed E-state index contributed by atoms with van der Waals surface area (Å²) in [5.74, 6) is -0.690. The minimum Gasteiger partial charge on any atom is -0.374 e. The molecule has 1 N–H and O–H groups in total. The van der Waals surface area contributed by atoms with Crippen molar-refractivity contribution in [3.05, 3.63) is 95.3 Å². The molecule has 5 heterocycles. The van der Waals surface area contributed by atoms with Crippen LogP contribution in [0.1, 0.15) is 45.9 Å². The summed E-state index contributed by atoms with van der Waals surface area (Å²) in [5, 5.41) is 7.08. The summed E-state index contributed by atoms with van der Waals surface area (Å²) in [6.45, 7) is 2.49. The molecule has 2 amide bonds. The van der Waals surface area contributed by atoms with Crippen molar-refractivity contribution < 1.29 is 23.5 Å². The number of para-hydroxylation sites is 2.